The highest BCUT2D eigenvalue weighted by molar-refractivity contribution is 7.95. The Bertz CT molecular complexity index is 1740. The molecule has 2 fully saturated rings. The van der Waals surface area contributed by atoms with Crippen molar-refractivity contribution in [3.05, 3.63) is 80.4 Å². The average molecular weight is 684 g/mol. The molecule has 0 bridgehead atoms. The van der Waals surface area contributed by atoms with Crippen molar-refractivity contribution in [1.29, 1.82) is 0 Å². The molecule has 0 aromatic heterocycles. The van der Waals surface area contributed by atoms with E-state index in [4.69, 9.17) is 4.43 Å². The summed E-state index contributed by atoms with van der Waals surface area (Å²) >= 11 is 0. The first-order chi connectivity index (χ1) is 22.0. The van der Waals surface area contributed by atoms with Gasteiger partial charge in [0.2, 0.25) is 15.7 Å². The van der Waals surface area contributed by atoms with E-state index in [0.717, 1.165) is 30.6 Å². The topological polar surface area (TPSA) is 164 Å². The Hall–Kier alpha value is -3.88. The molecule has 3 aliphatic heterocycles. The van der Waals surface area contributed by atoms with Crippen LogP contribution in [0.3, 0.4) is 0 Å². The van der Waals surface area contributed by atoms with Crippen molar-refractivity contribution in [2.24, 2.45) is 11.3 Å². The second-order valence-electron chi connectivity index (χ2n) is 13.8. The van der Waals surface area contributed by atoms with Crippen molar-refractivity contribution in [3.8, 4) is 0 Å². The summed E-state index contributed by atoms with van der Waals surface area (Å²) in [5.41, 5.74) is -1.84. The number of nitrogens with zero attached hydrogens (tertiary/aromatic N) is 3. The molecular weight excluding hydrogens is 643 g/mol. The molecule has 2 aromatic carbocycles. The molecule has 12 nitrogen and oxygen atoms in total. The Balaban J connectivity index is 1.69. The van der Waals surface area contributed by atoms with Crippen LogP contribution < -0.4 is 0 Å². The van der Waals surface area contributed by atoms with E-state index in [1.165, 1.54) is 42.5 Å². The maximum absolute atomic E-state index is 15.0. The van der Waals surface area contributed by atoms with Crippen molar-refractivity contribution >= 4 is 41.6 Å². The second-order valence-corrected chi connectivity index (χ2v) is 20.1. The number of likely N-dealkylation sites (tertiary alicyclic amines) is 1. The third kappa shape index (κ3) is 6.25. The van der Waals surface area contributed by atoms with Crippen LogP contribution in [0.15, 0.2) is 64.0 Å². The molecule has 1 N–H and O–H groups in total. The van der Waals surface area contributed by atoms with E-state index >= 15 is 0 Å². The number of β-lactam (4-membered cyclic amide) rings is 1. The first kappa shape index (κ1) is 34.5. The molecule has 4 atom stereocenters. The van der Waals surface area contributed by atoms with E-state index in [-0.39, 0.29) is 22.6 Å². The number of amides is 2. The van der Waals surface area contributed by atoms with Gasteiger partial charge in [-0.3, -0.25) is 24.6 Å². The Morgan fingerprint density at radius 1 is 1.06 bits per heavy atom. The van der Waals surface area contributed by atoms with Gasteiger partial charge < -0.3 is 14.4 Å². The normalized spacial score (nSPS) is 24.0. The molecule has 0 saturated carbocycles. The lowest BCUT2D eigenvalue weighted by molar-refractivity contribution is -0.384. The smallest absolute Gasteiger partial charge is 0.353 e. The quantitative estimate of drug-likeness (QED) is 0.157. The third-order valence-corrected chi connectivity index (χ3v) is 12.5. The first-order valence-corrected chi connectivity index (χ1v) is 20.7. The Kier molecular flexibility index (Phi) is 9.25. The van der Waals surface area contributed by atoms with E-state index in [0.29, 0.717) is 18.7 Å². The highest BCUT2D eigenvalue weighted by Crippen LogP contribution is 2.58. The van der Waals surface area contributed by atoms with Crippen molar-refractivity contribution in [2.75, 3.05) is 13.1 Å². The SMILES string of the molecule is CC(O[Si](C)(C)C)C1C(=O)N2C(C(=O)O)=C(S(=O)(=O)c3ccccc3C(=O)N3CCCCCC3)C(C)(Cc3ccc([N+](=O)[O-])cc3)[C@H]12. The summed E-state index contributed by atoms with van der Waals surface area (Å²) < 4.78 is 36.2. The molecular formula is C33H41N3O9SSi. The fourth-order valence-electron chi connectivity index (χ4n) is 7.45. The Labute approximate surface area is 275 Å². The van der Waals surface area contributed by atoms with E-state index < -0.39 is 74.9 Å². The van der Waals surface area contributed by atoms with Crippen molar-refractivity contribution in [3.63, 3.8) is 0 Å². The molecule has 5 rings (SSSR count). The molecule has 2 amide bonds. The van der Waals surface area contributed by atoms with Crippen molar-refractivity contribution in [1.82, 2.24) is 9.80 Å². The monoisotopic (exact) mass is 683 g/mol. The standard InChI is InChI=1S/C33H41N3O9SSi/c1-21(45-47(3,4)5)26-28-33(2,20-22-14-16-23(17-15-22)36(41)42)29(27(32(39)40)35(28)31(26)38)46(43,44)25-13-9-8-12-24(25)30(37)34-18-10-6-7-11-19-34/h8-9,12-17,21,26,28H,6-7,10-11,18-20H2,1-5H3,(H,39,40)/t21?,26?,28-,33?/m0/s1. The molecule has 3 heterocycles. The van der Waals surface area contributed by atoms with Gasteiger partial charge in [0.25, 0.3) is 11.6 Å². The maximum Gasteiger partial charge on any atom is 0.353 e. The number of sulfone groups is 1. The second kappa shape index (κ2) is 12.6. The highest BCUT2D eigenvalue weighted by Gasteiger charge is 2.68. The fraction of sp³-hybridized carbons (Fsp3) is 0.485. The van der Waals surface area contributed by atoms with Gasteiger partial charge in [0, 0.05) is 30.6 Å². The summed E-state index contributed by atoms with van der Waals surface area (Å²) in [7, 11) is -6.91. The van der Waals surface area contributed by atoms with Crippen LogP contribution in [0.1, 0.15) is 55.5 Å². The molecule has 0 spiro atoms. The number of nitro benzene ring substituents is 1. The predicted octanol–water partition coefficient (Wildman–Crippen LogP) is 5.01. The van der Waals surface area contributed by atoms with Gasteiger partial charge >= 0.3 is 5.97 Å². The summed E-state index contributed by atoms with van der Waals surface area (Å²) in [5, 5.41) is 21.9. The summed E-state index contributed by atoms with van der Waals surface area (Å²) in [6.07, 6.45) is 2.82. The van der Waals surface area contributed by atoms with Crippen molar-refractivity contribution < 1.29 is 37.3 Å². The zero-order chi connectivity index (χ0) is 34.5. The molecule has 252 valence electrons. The number of nitro groups is 1. The largest absolute Gasteiger partial charge is 0.477 e. The predicted molar refractivity (Wildman–Crippen MR) is 176 cm³/mol. The molecule has 0 aliphatic carbocycles. The number of hydrogen-bond acceptors (Lipinski definition) is 8. The fourth-order valence-corrected chi connectivity index (χ4v) is 10.9. The van der Waals surface area contributed by atoms with Crippen LogP contribution >= 0.6 is 0 Å². The Morgan fingerprint density at radius 2 is 1.66 bits per heavy atom. The van der Waals surface area contributed by atoms with Crippen LogP contribution in [0.25, 0.3) is 0 Å². The lowest BCUT2D eigenvalue weighted by Crippen LogP contribution is -2.67. The number of carboxylic acids is 1. The molecule has 2 saturated heterocycles. The van der Waals surface area contributed by atoms with Gasteiger partial charge in [-0.1, -0.05) is 44.0 Å². The molecule has 3 aliphatic rings. The number of carboxylic acid groups (broad SMARTS) is 1. The van der Waals surface area contributed by atoms with Gasteiger partial charge in [-0.15, -0.1) is 0 Å². The zero-order valence-electron chi connectivity index (χ0n) is 27.3. The minimum atomic E-state index is -4.72. The maximum atomic E-state index is 15.0. The number of rotatable bonds is 10. The first-order valence-electron chi connectivity index (χ1n) is 15.8. The van der Waals surface area contributed by atoms with Gasteiger partial charge in [0.1, 0.15) is 5.70 Å². The molecule has 0 radical (unpaired) electrons. The number of carbonyl (C=O) groups excluding carboxylic acids is 2. The summed E-state index contributed by atoms with van der Waals surface area (Å²) in [4.78, 5) is 53.4. The van der Waals surface area contributed by atoms with E-state index in [1.54, 1.807) is 24.8 Å². The molecule has 14 heteroatoms. The lowest BCUT2D eigenvalue weighted by Gasteiger charge is -2.52. The summed E-state index contributed by atoms with van der Waals surface area (Å²) in [5.74, 6) is -3.43. The molecule has 3 unspecified atom stereocenters. The summed E-state index contributed by atoms with van der Waals surface area (Å²) in [6.45, 7) is 10.2. The lowest BCUT2D eigenvalue weighted by atomic mass is 9.67. The van der Waals surface area contributed by atoms with Crippen LogP contribution in [-0.4, -0.2) is 79.6 Å². The van der Waals surface area contributed by atoms with Crippen LogP contribution in [0.4, 0.5) is 5.69 Å². The average Bonchev–Trinajstić information content (AvgIpc) is 3.13. The number of non-ortho nitro benzene ring substituents is 1. The van der Waals surface area contributed by atoms with E-state index in [2.05, 4.69) is 0 Å². The number of carbonyl (C=O) groups is 3. The number of aliphatic carboxylic acids is 1. The van der Waals surface area contributed by atoms with Gasteiger partial charge in [-0.2, -0.15) is 0 Å². The molecule has 2 aromatic rings. The minimum absolute atomic E-state index is 0.0524. The van der Waals surface area contributed by atoms with Crippen LogP contribution in [0, 0.1) is 21.4 Å². The minimum Gasteiger partial charge on any atom is -0.477 e. The van der Waals surface area contributed by atoms with Gasteiger partial charge in [-0.25, -0.2) is 13.2 Å². The van der Waals surface area contributed by atoms with Crippen LogP contribution in [-0.2, 0) is 30.3 Å². The van der Waals surface area contributed by atoms with Crippen LogP contribution in [0.5, 0.6) is 0 Å². The Morgan fingerprint density at radius 3 is 2.21 bits per heavy atom. The molecule has 47 heavy (non-hydrogen) atoms. The number of hydrogen-bond donors (Lipinski definition) is 1. The number of fused-ring (bicyclic) bond motifs is 1. The highest BCUT2D eigenvalue weighted by atomic mass is 32.2. The van der Waals surface area contributed by atoms with E-state index in [1.807, 2.05) is 19.6 Å². The zero-order valence-corrected chi connectivity index (χ0v) is 29.1. The summed E-state index contributed by atoms with van der Waals surface area (Å²) in [6, 6.07) is 10.5. The van der Waals surface area contributed by atoms with Gasteiger partial charge in [0.05, 0.1) is 38.4 Å². The van der Waals surface area contributed by atoms with Crippen LogP contribution in [0.2, 0.25) is 19.6 Å². The van der Waals surface area contributed by atoms with E-state index in [9.17, 15) is 38.0 Å². The van der Waals surface area contributed by atoms with Gasteiger partial charge in [-0.05, 0) is 63.5 Å². The van der Waals surface area contributed by atoms with Gasteiger partial charge in [0.15, 0.2) is 8.32 Å². The number of benzene rings is 2. The third-order valence-electron chi connectivity index (χ3n) is 9.30. The van der Waals surface area contributed by atoms with Crippen molar-refractivity contribution in [2.45, 2.75) is 82.6 Å².